The highest BCUT2D eigenvalue weighted by Crippen LogP contribution is 2.31. The first kappa shape index (κ1) is 21.2. The van der Waals surface area contributed by atoms with Gasteiger partial charge in [0.05, 0.1) is 8.49 Å². The van der Waals surface area contributed by atoms with E-state index in [1.165, 1.54) is 6.08 Å². The van der Waals surface area contributed by atoms with Crippen molar-refractivity contribution in [1.82, 2.24) is 9.97 Å². The second-order valence-electron chi connectivity index (χ2n) is 5.84. The molecule has 0 radical (unpaired) electrons. The monoisotopic (exact) mass is 617 g/mol. The third-order valence-electron chi connectivity index (χ3n) is 3.82. The Labute approximate surface area is 191 Å². The van der Waals surface area contributed by atoms with E-state index >= 15 is 0 Å². The fraction of sp³-hybridized carbons (Fsp3) is 0.0526. The smallest absolute Gasteiger partial charge is 0.357 e. The van der Waals surface area contributed by atoms with Gasteiger partial charge in [0.2, 0.25) is 0 Å². The van der Waals surface area contributed by atoms with Crippen molar-refractivity contribution in [3.63, 3.8) is 0 Å². The Morgan fingerprint density at radius 2 is 1.79 bits per heavy atom. The molecule has 1 aromatic heterocycles. The minimum atomic E-state index is -1.06. The normalized spacial score (nSPS) is 11.0. The van der Waals surface area contributed by atoms with E-state index in [4.69, 9.17) is 4.74 Å². The summed E-state index contributed by atoms with van der Waals surface area (Å²) in [6.07, 6.45) is 2.90. The number of rotatable bonds is 6. The Morgan fingerprint density at radius 1 is 1.07 bits per heavy atom. The Morgan fingerprint density at radius 3 is 2.48 bits per heavy atom. The molecule has 3 rings (SSSR count). The number of nitrogens with one attached hydrogen (secondary N) is 2. The zero-order valence-electron chi connectivity index (χ0n) is 14.6. The Hall–Kier alpha value is -2.48. The summed E-state index contributed by atoms with van der Waals surface area (Å²) in [7, 11) is 0. The summed E-state index contributed by atoms with van der Waals surface area (Å²) in [5.74, 6) is 0.598. The molecule has 0 saturated carbocycles. The van der Waals surface area contributed by atoms with E-state index in [1.54, 1.807) is 6.08 Å². The van der Waals surface area contributed by atoms with Crippen molar-refractivity contribution in [1.29, 1.82) is 0 Å². The largest absolute Gasteiger partial charge is 0.487 e. The van der Waals surface area contributed by atoms with Crippen LogP contribution in [0.2, 0.25) is 0 Å². The Kier molecular flexibility index (Phi) is 6.84. The van der Waals surface area contributed by atoms with Gasteiger partial charge in [-0.25, -0.2) is 4.79 Å². The number of hydrogen-bond donors (Lipinski definition) is 2. The summed E-state index contributed by atoms with van der Waals surface area (Å²) < 4.78 is 7.78. The van der Waals surface area contributed by atoms with E-state index in [-0.39, 0.29) is 5.69 Å². The van der Waals surface area contributed by atoms with Crippen LogP contribution in [0.4, 0.5) is 5.69 Å². The summed E-state index contributed by atoms with van der Waals surface area (Å²) >= 11 is 4.31. The molecule has 0 aliphatic rings. The SMILES string of the molecule is O=c1[nH]c(/C=C\c2cc(I)cc(I)c2OCc2ccccc2)c([N+](=O)[O-])c(=O)[nH]1. The summed E-state index contributed by atoms with van der Waals surface area (Å²) in [5.41, 5.74) is -1.15. The maximum absolute atomic E-state index is 11.8. The van der Waals surface area contributed by atoms with Crippen molar-refractivity contribution in [3.05, 3.63) is 97.4 Å². The maximum atomic E-state index is 11.8. The molecule has 0 fully saturated rings. The van der Waals surface area contributed by atoms with E-state index in [1.807, 2.05) is 47.4 Å². The van der Waals surface area contributed by atoms with E-state index in [0.717, 1.165) is 12.7 Å². The zero-order chi connectivity index (χ0) is 21.0. The summed E-state index contributed by atoms with van der Waals surface area (Å²) in [6, 6.07) is 13.4. The van der Waals surface area contributed by atoms with Gasteiger partial charge in [-0.15, -0.1) is 0 Å². The lowest BCUT2D eigenvalue weighted by Gasteiger charge is -2.12. The molecule has 0 saturated heterocycles. The molecule has 0 aliphatic carbocycles. The van der Waals surface area contributed by atoms with E-state index in [9.17, 15) is 19.7 Å². The molecular weight excluding hydrogens is 604 g/mol. The van der Waals surface area contributed by atoms with Crippen LogP contribution in [-0.2, 0) is 6.61 Å². The van der Waals surface area contributed by atoms with Gasteiger partial charge >= 0.3 is 16.9 Å². The molecule has 1 heterocycles. The average Bonchev–Trinajstić information content (AvgIpc) is 2.65. The molecule has 0 amide bonds. The molecule has 2 aromatic carbocycles. The highest BCUT2D eigenvalue weighted by atomic mass is 127. The molecule has 3 aromatic rings. The van der Waals surface area contributed by atoms with Gasteiger partial charge in [-0.3, -0.25) is 19.9 Å². The highest BCUT2D eigenvalue weighted by Gasteiger charge is 2.19. The Balaban J connectivity index is 2.00. The molecular formula is C19H13I2N3O5. The van der Waals surface area contributed by atoms with Gasteiger partial charge in [0.1, 0.15) is 18.1 Å². The third kappa shape index (κ3) is 5.32. The van der Waals surface area contributed by atoms with E-state index in [0.29, 0.717) is 17.9 Å². The first-order valence-corrected chi connectivity index (χ1v) is 10.4. The van der Waals surface area contributed by atoms with Crippen LogP contribution in [0.3, 0.4) is 0 Å². The van der Waals surface area contributed by atoms with Gasteiger partial charge in [-0.1, -0.05) is 30.3 Å². The van der Waals surface area contributed by atoms with Crippen molar-refractivity contribution in [2.45, 2.75) is 6.61 Å². The number of hydrogen-bond acceptors (Lipinski definition) is 5. The molecule has 8 nitrogen and oxygen atoms in total. The van der Waals surface area contributed by atoms with Crippen LogP contribution in [0, 0.1) is 17.3 Å². The van der Waals surface area contributed by atoms with E-state index in [2.05, 4.69) is 50.2 Å². The summed E-state index contributed by atoms with van der Waals surface area (Å²) in [6.45, 7) is 0.347. The molecule has 10 heteroatoms. The average molecular weight is 617 g/mol. The maximum Gasteiger partial charge on any atom is 0.357 e. The van der Waals surface area contributed by atoms with Crippen molar-refractivity contribution >= 4 is 63.0 Å². The Bertz CT molecular complexity index is 1200. The number of aromatic nitrogens is 2. The predicted octanol–water partition coefficient (Wildman–Crippen LogP) is 3.93. The van der Waals surface area contributed by atoms with Crippen LogP contribution in [0.15, 0.2) is 52.1 Å². The fourth-order valence-electron chi connectivity index (χ4n) is 2.56. The van der Waals surface area contributed by atoms with Gasteiger partial charge in [-0.05, 0) is 75.0 Å². The van der Waals surface area contributed by atoms with E-state index < -0.39 is 21.9 Å². The number of H-pyrrole nitrogens is 2. The predicted molar refractivity (Wildman–Crippen MR) is 126 cm³/mol. The topological polar surface area (TPSA) is 118 Å². The second kappa shape index (κ2) is 9.35. The minimum absolute atomic E-state index is 0.188. The zero-order valence-corrected chi connectivity index (χ0v) is 19.0. The summed E-state index contributed by atoms with van der Waals surface area (Å²) in [4.78, 5) is 37.8. The van der Waals surface area contributed by atoms with Gasteiger partial charge in [0.25, 0.3) is 0 Å². The number of benzene rings is 2. The number of aromatic amines is 2. The molecule has 2 N–H and O–H groups in total. The van der Waals surface area contributed by atoms with Gasteiger partial charge in [0, 0.05) is 9.13 Å². The van der Waals surface area contributed by atoms with Crippen molar-refractivity contribution in [2.75, 3.05) is 0 Å². The fourth-order valence-corrected chi connectivity index (χ4v) is 4.60. The molecule has 0 aliphatic heterocycles. The van der Waals surface area contributed by atoms with Crippen molar-refractivity contribution in [3.8, 4) is 5.75 Å². The standard InChI is InChI=1S/C19H13I2N3O5/c20-13-8-12(6-7-15-16(24(27)28)18(25)23-19(26)22-15)17(14(21)9-13)29-10-11-4-2-1-3-5-11/h1-9H,10H2,(H2,22,23,25,26)/b7-6-. The van der Waals surface area contributed by atoms with Crippen LogP contribution >= 0.6 is 45.2 Å². The highest BCUT2D eigenvalue weighted by molar-refractivity contribution is 14.1. The van der Waals surface area contributed by atoms with Crippen LogP contribution in [-0.4, -0.2) is 14.9 Å². The molecule has 148 valence electrons. The minimum Gasteiger partial charge on any atom is -0.487 e. The van der Waals surface area contributed by atoms with Crippen LogP contribution in [0.1, 0.15) is 16.8 Å². The molecule has 0 bridgehead atoms. The van der Waals surface area contributed by atoms with Crippen molar-refractivity contribution in [2.24, 2.45) is 0 Å². The molecule has 0 spiro atoms. The lowest BCUT2D eigenvalue weighted by molar-refractivity contribution is -0.386. The first-order chi connectivity index (χ1) is 13.8. The second-order valence-corrected chi connectivity index (χ2v) is 8.25. The number of nitrogens with zero attached hydrogens (tertiary/aromatic N) is 1. The van der Waals surface area contributed by atoms with Crippen LogP contribution in [0.25, 0.3) is 12.2 Å². The lowest BCUT2D eigenvalue weighted by atomic mass is 10.1. The molecule has 29 heavy (non-hydrogen) atoms. The number of nitro groups is 1. The quantitative estimate of drug-likeness (QED) is 0.247. The lowest BCUT2D eigenvalue weighted by Crippen LogP contribution is -2.25. The molecule has 0 atom stereocenters. The van der Waals surface area contributed by atoms with Crippen molar-refractivity contribution < 1.29 is 9.66 Å². The molecule has 0 unspecified atom stereocenters. The third-order valence-corrected chi connectivity index (χ3v) is 5.24. The number of halogens is 2. The van der Waals surface area contributed by atoms with Gasteiger partial charge in [-0.2, -0.15) is 0 Å². The number of ether oxygens (including phenoxy) is 1. The first-order valence-electron chi connectivity index (χ1n) is 8.20. The van der Waals surface area contributed by atoms with Crippen LogP contribution in [0.5, 0.6) is 5.75 Å². The summed E-state index contributed by atoms with van der Waals surface area (Å²) in [5, 5.41) is 11.2. The van der Waals surface area contributed by atoms with Gasteiger partial charge < -0.3 is 9.72 Å². The van der Waals surface area contributed by atoms with Gasteiger partial charge in [0.15, 0.2) is 0 Å². The van der Waals surface area contributed by atoms with Crippen LogP contribution < -0.4 is 16.0 Å².